The number of rotatable bonds is 6. The standard InChI is InChI=1S/C19H21N5O2/c1-25-17-8-7-15(11-18(17)26-2)23-19(20)22-12-14-5-3-4-6-16(14)24-10-9-21-13-24/h3-11,13H,12H2,1-2H3,(H3,20,22,23). The Labute approximate surface area is 152 Å². The number of para-hydroxylation sites is 1. The normalized spacial score (nSPS) is 11.2. The number of ether oxygens (including phenoxy) is 2. The molecule has 3 N–H and O–H groups in total. The summed E-state index contributed by atoms with van der Waals surface area (Å²) in [6, 6.07) is 13.5. The van der Waals surface area contributed by atoms with Crippen LogP contribution in [-0.2, 0) is 6.54 Å². The number of nitrogens with two attached hydrogens (primary N) is 1. The number of anilines is 1. The van der Waals surface area contributed by atoms with Gasteiger partial charge in [0.25, 0.3) is 0 Å². The Morgan fingerprint density at radius 2 is 1.96 bits per heavy atom. The number of guanidine groups is 1. The van der Waals surface area contributed by atoms with Crippen LogP contribution in [0.3, 0.4) is 0 Å². The second-order valence-corrected chi connectivity index (χ2v) is 5.49. The summed E-state index contributed by atoms with van der Waals surface area (Å²) in [6.07, 6.45) is 5.40. The monoisotopic (exact) mass is 351 g/mol. The molecule has 0 fully saturated rings. The summed E-state index contributed by atoms with van der Waals surface area (Å²) < 4.78 is 12.5. The van der Waals surface area contributed by atoms with Gasteiger partial charge in [-0.25, -0.2) is 9.98 Å². The molecule has 26 heavy (non-hydrogen) atoms. The van der Waals surface area contributed by atoms with Crippen LogP contribution in [0.15, 0.2) is 66.2 Å². The number of nitrogens with one attached hydrogen (secondary N) is 1. The first-order valence-corrected chi connectivity index (χ1v) is 8.06. The van der Waals surface area contributed by atoms with Crippen LogP contribution < -0.4 is 20.5 Å². The summed E-state index contributed by atoms with van der Waals surface area (Å²) in [5.74, 6) is 1.59. The van der Waals surface area contributed by atoms with Crippen LogP contribution in [0, 0.1) is 0 Å². The van der Waals surface area contributed by atoms with Gasteiger partial charge in [0.05, 0.1) is 32.8 Å². The second-order valence-electron chi connectivity index (χ2n) is 5.49. The summed E-state index contributed by atoms with van der Waals surface area (Å²) in [5, 5.41) is 3.07. The van der Waals surface area contributed by atoms with Gasteiger partial charge in [-0.15, -0.1) is 0 Å². The molecule has 1 aromatic heterocycles. The third kappa shape index (κ3) is 3.94. The van der Waals surface area contributed by atoms with Gasteiger partial charge >= 0.3 is 0 Å². The fraction of sp³-hybridized carbons (Fsp3) is 0.158. The molecule has 0 bridgehead atoms. The number of hydrogen-bond donors (Lipinski definition) is 2. The highest BCUT2D eigenvalue weighted by Crippen LogP contribution is 2.29. The van der Waals surface area contributed by atoms with E-state index in [1.165, 1.54) is 0 Å². The summed E-state index contributed by atoms with van der Waals surface area (Å²) in [7, 11) is 3.19. The first-order chi connectivity index (χ1) is 12.7. The predicted molar refractivity (Wildman–Crippen MR) is 102 cm³/mol. The third-order valence-electron chi connectivity index (χ3n) is 3.85. The zero-order valence-corrected chi connectivity index (χ0v) is 14.7. The molecule has 0 saturated heterocycles. The molecule has 0 unspecified atom stereocenters. The van der Waals surface area contributed by atoms with E-state index < -0.39 is 0 Å². The van der Waals surface area contributed by atoms with E-state index in [1.54, 1.807) is 32.8 Å². The molecule has 7 heteroatoms. The van der Waals surface area contributed by atoms with E-state index in [1.807, 2.05) is 47.2 Å². The fourth-order valence-electron chi connectivity index (χ4n) is 2.57. The quantitative estimate of drug-likeness (QED) is 0.527. The summed E-state index contributed by atoms with van der Waals surface area (Å²) in [6.45, 7) is 0.445. The molecule has 0 spiro atoms. The maximum Gasteiger partial charge on any atom is 0.193 e. The third-order valence-corrected chi connectivity index (χ3v) is 3.85. The van der Waals surface area contributed by atoms with Crippen molar-refractivity contribution in [2.45, 2.75) is 6.54 Å². The van der Waals surface area contributed by atoms with Crippen molar-refractivity contribution in [2.75, 3.05) is 19.5 Å². The van der Waals surface area contributed by atoms with Gasteiger partial charge in [0.2, 0.25) is 0 Å². The molecular weight excluding hydrogens is 330 g/mol. The Balaban J connectivity index is 1.74. The maximum absolute atomic E-state index is 6.03. The van der Waals surface area contributed by atoms with Gasteiger partial charge < -0.3 is 25.1 Å². The zero-order chi connectivity index (χ0) is 18.4. The average Bonchev–Trinajstić information content (AvgIpc) is 3.21. The predicted octanol–water partition coefficient (Wildman–Crippen LogP) is 2.82. The molecule has 0 aliphatic carbocycles. The fourth-order valence-corrected chi connectivity index (χ4v) is 2.57. The molecular formula is C19H21N5O2. The second kappa shape index (κ2) is 8.06. The van der Waals surface area contributed by atoms with Gasteiger partial charge in [-0.3, -0.25) is 0 Å². The van der Waals surface area contributed by atoms with Gasteiger partial charge in [-0.2, -0.15) is 0 Å². The van der Waals surface area contributed by atoms with Crippen LogP contribution in [0.2, 0.25) is 0 Å². The van der Waals surface area contributed by atoms with Crippen LogP contribution >= 0.6 is 0 Å². The van der Waals surface area contributed by atoms with E-state index in [9.17, 15) is 0 Å². The van der Waals surface area contributed by atoms with E-state index in [4.69, 9.17) is 15.2 Å². The number of nitrogens with zero attached hydrogens (tertiary/aromatic N) is 3. The number of benzene rings is 2. The maximum atomic E-state index is 6.03. The van der Waals surface area contributed by atoms with Crippen molar-refractivity contribution in [1.29, 1.82) is 0 Å². The highest BCUT2D eigenvalue weighted by atomic mass is 16.5. The van der Waals surface area contributed by atoms with E-state index in [0.717, 1.165) is 16.9 Å². The van der Waals surface area contributed by atoms with E-state index in [-0.39, 0.29) is 0 Å². The van der Waals surface area contributed by atoms with Crippen LogP contribution in [0.5, 0.6) is 11.5 Å². The SMILES string of the molecule is COc1ccc(NC(N)=NCc2ccccc2-n2ccnc2)cc1OC. The molecule has 0 radical (unpaired) electrons. The van der Waals surface area contributed by atoms with Crippen LogP contribution in [0.25, 0.3) is 5.69 Å². The first kappa shape index (κ1) is 17.3. The van der Waals surface area contributed by atoms with Crippen molar-refractivity contribution in [3.8, 4) is 17.2 Å². The number of aromatic nitrogens is 2. The average molecular weight is 351 g/mol. The van der Waals surface area contributed by atoms with Crippen LogP contribution in [0.4, 0.5) is 5.69 Å². The molecule has 0 aliphatic heterocycles. The van der Waals surface area contributed by atoms with Crippen molar-refractivity contribution in [3.05, 3.63) is 66.7 Å². The highest BCUT2D eigenvalue weighted by Gasteiger charge is 2.06. The molecule has 0 amide bonds. The lowest BCUT2D eigenvalue weighted by molar-refractivity contribution is 0.355. The molecule has 0 aliphatic rings. The Morgan fingerprint density at radius 3 is 2.69 bits per heavy atom. The molecule has 7 nitrogen and oxygen atoms in total. The smallest absolute Gasteiger partial charge is 0.193 e. The Hall–Kier alpha value is -3.48. The molecule has 3 rings (SSSR count). The Kier molecular flexibility index (Phi) is 5.38. The van der Waals surface area contributed by atoms with E-state index in [0.29, 0.717) is 24.0 Å². The number of imidazole rings is 1. The minimum atomic E-state index is 0.317. The van der Waals surface area contributed by atoms with Crippen molar-refractivity contribution in [1.82, 2.24) is 9.55 Å². The Bertz CT molecular complexity index is 891. The summed E-state index contributed by atoms with van der Waals surface area (Å²) in [5.41, 5.74) is 8.87. The van der Waals surface area contributed by atoms with Gasteiger partial charge in [0.1, 0.15) is 0 Å². The highest BCUT2D eigenvalue weighted by molar-refractivity contribution is 5.92. The lowest BCUT2D eigenvalue weighted by Crippen LogP contribution is -2.22. The summed E-state index contributed by atoms with van der Waals surface area (Å²) in [4.78, 5) is 8.52. The van der Waals surface area contributed by atoms with E-state index >= 15 is 0 Å². The number of hydrogen-bond acceptors (Lipinski definition) is 4. The lowest BCUT2D eigenvalue weighted by atomic mass is 10.2. The van der Waals surface area contributed by atoms with Crippen LogP contribution in [-0.4, -0.2) is 29.7 Å². The minimum Gasteiger partial charge on any atom is -0.493 e. The molecule has 134 valence electrons. The molecule has 0 atom stereocenters. The van der Waals surface area contributed by atoms with Gasteiger partial charge in [0.15, 0.2) is 17.5 Å². The van der Waals surface area contributed by atoms with Gasteiger partial charge in [0, 0.05) is 24.1 Å². The van der Waals surface area contributed by atoms with Crippen molar-refractivity contribution >= 4 is 11.6 Å². The van der Waals surface area contributed by atoms with Crippen molar-refractivity contribution in [3.63, 3.8) is 0 Å². The molecule has 3 aromatic rings. The molecule has 2 aromatic carbocycles. The van der Waals surface area contributed by atoms with E-state index in [2.05, 4.69) is 15.3 Å². The Morgan fingerprint density at radius 1 is 1.15 bits per heavy atom. The topological polar surface area (TPSA) is 86.7 Å². The van der Waals surface area contributed by atoms with Gasteiger partial charge in [-0.05, 0) is 23.8 Å². The van der Waals surface area contributed by atoms with Crippen LogP contribution in [0.1, 0.15) is 5.56 Å². The zero-order valence-electron chi connectivity index (χ0n) is 14.7. The number of methoxy groups -OCH3 is 2. The number of aliphatic imine (C=N–C) groups is 1. The lowest BCUT2D eigenvalue weighted by Gasteiger charge is -2.11. The first-order valence-electron chi connectivity index (χ1n) is 8.06. The van der Waals surface area contributed by atoms with Crippen molar-refractivity contribution < 1.29 is 9.47 Å². The molecule has 1 heterocycles. The minimum absolute atomic E-state index is 0.317. The molecule has 0 saturated carbocycles. The summed E-state index contributed by atoms with van der Waals surface area (Å²) >= 11 is 0. The van der Waals surface area contributed by atoms with Gasteiger partial charge in [-0.1, -0.05) is 18.2 Å². The largest absolute Gasteiger partial charge is 0.493 e. The van der Waals surface area contributed by atoms with Crippen molar-refractivity contribution in [2.24, 2.45) is 10.7 Å².